The lowest BCUT2D eigenvalue weighted by Gasteiger charge is -2.32. The van der Waals surface area contributed by atoms with Crippen LogP contribution in [0.4, 0.5) is 0 Å². The molecule has 1 fully saturated rings. The van der Waals surface area contributed by atoms with E-state index in [9.17, 15) is 4.79 Å². The fourth-order valence-corrected chi connectivity index (χ4v) is 1.58. The molecule has 5 heteroatoms. The van der Waals surface area contributed by atoms with Crippen molar-refractivity contribution in [3.8, 4) is 0 Å². The van der Waals surface area contributed by atoms with Crippen LogP contribution >= 0.6 is 12.6 Å². The lowest BCUT2D eigenvalue weighted by molar-refractivity contribution is -0.112. The molecular formula is C12H19BO3S. The molecule has 0 spiro atoms. The van der Waals surface area contributed by atoms with Gasteiger partial charge in [-0.3, -0.25) is 4.79 Å². The maximum absolute atomic E-state index is 10.9. The first-order valence-corrected chi connectivity index (χ1v) is 6.10. The zero-order valence-corrected chi connectivity index (χ0v) is 11.9. The Kier molecular flexibility index (Phi) is 4.28. The van der Waals surface area contributed by atoms with Crippen molar-refractivity contribution in [2.45, 2.75) is 45.8 Å². The van der Waals surface area contributed by atoms with E-state index < -0.39 is 7.12 Å². The molecule has 17 heavy (non-hydrogen) atoms. The smallest absolute Gasteiger partial charge is 0.399 e. The molecule has 0 aromatic heterocycles. The molecular weight excluding hydrogens is 235 g/mol. The summed E-state index contributed by atoms with van der Waals surface area (Å²) in [4.78, 5) is 10.9. The van der Waals surface area contributed by atoms with Crippen molar-refractivity contribution in [3.05, 3.63) is 23.0 Å². The van der Waals surface area contributed by atoms with Gasteiger partial charge in [0.05, 0.1) is 11.2 Å². The number of allylic oxidation sites excluding steroid dienone is 3. The summed E-state index contributed by atoms with van der Waals surface area (Å²) in [5, 5.41) is 1.60. The van der Waals surface area contributed by atoms with Gasteiger partial charge in [0.15, 0.2) is 5.78 Å². The van der Waals surface area contributed by atoms with Gasteiger partial charge < -0.3 is 9.31 Å². The van der Waals surface area contributed by atoms with Gasteiger partial charge in [0.25, 0.3) is 0 Å². The molecule has 94 valence electrons. The number of ketones is 1. The molecule has 0 aromatic rings. The quantitative estimate of drug-likeness (QED) is 0.364. The molecule has 0 N–H and O–H groups in total. The van der Waals surface area contributed by atoms with Crippen LogP contribution in [0.15, 0.2) is 23.0 Å². The second kappa shape index (κ2) is 5.00. The van der Waals surface area contributed by atoms with Crippen LogP contribution < -0.4 is 0 Å². The molecule has 1 saturated heterocycles. The first-order chi connectivity index (χ1) is 7.69. The van der Waals surface area contributed by atoms with Crippen LogP contribution in [0.3, 0.4) is 0 Å². The fourth-order valence-electron chi connectivity index (χ4n) is 1.38. The van der Waals surface area contributed by atoms with Gasteiger partial charge in [-0.1, -0.05) is 6.08 Å². The highest BCUT2D eigenvalue weighted by Crippen LogP contribution is 2.38. The number of rotatable bonds is 3. The minimum atomic E-state index is -0.479. The van der Waals surface area contributed by atoms with Gasteiger partial charge in [-0.2, -0.15) is 12.6 Å². The Morgan fingerprint density at radius 1 is 1.12 bits per heavy atom. The van der Waals surface area contributed by atoms with Crippen molar-refractivity contribution in [1.82, 2.24) is 0 Å². The zero-order chi connectivity index (χ0) is 13.3. The topological polar surface area (TPSA) is 35.5 Å². The van der Waals surface area contributed by atoms with Gasteiger partial charge in [-0.05, 0) is 51.6 Å². The Morgan fingerprint density at radius 3 is 1.94 bits per heavy atom. The summed E-state index contributed by atoms with van der Waals surface area (Å²) in [6, 6.07) is 0. The zero-order valence-electron chi connectivity index (χ0n) is 11.0. The lowest BCUT2D eigenvalue weighted by Crippen LogP contribution is -2.41. The third-order valence-electron chi connectivity index (χ3n) is 3.18. The van der Waals surface area contributed by atoms with Crippen molar-refractivity contribution in [2.75, 3.05) is 0 Å². The van der Waals surface area contributed by atoms with Crippen LogP contribution in [0.2, 0.25) is 0 Å². The van der Waals surface area contributed by atoms with Crippen molar-refractivity contribution in [3.63, 3.8) is 0 Å². The Morgan fingerprint density at radius 2 is 1.59 bits per heavy atom. The molecule has 0 atom stereocenters. The minimum absolute atomic E-state index is 0.0193. The summed E-state index contributed by atoms with van der Waals surface area (Å²) in [5.74, 6) is -0.0193. The van der Waals surface area contributed by atoms with Crippen molar-refractivity contribution in [2.24, 2.45) is 0 Å². The predicted octanol–water partition coefficient (Wildman–Crippen LogP) is 2.58. The highest BCUT2D eigenvalue weighted by atomic mass is 32.1. The largest absolute Gasteiger partial charge is 0.495 e. The van der Waals surface area contributed by atoms with E-state index in [1.165, 1.54) is 13.0 Å². The number of carbonyl (C=O) groups is 1. The van der Waals surface area contributed by atoms with E-state index in [0.717, 1.165) is 5.47 Å². The fraction of sp³-hybridized carbons (Fsp3) is 0.583. The van der Waals surface area contributed by atoms with Gasteiger partial charge in [0.2, 0.25) is 0 Å². The molecule has 0 saturated carbocycles. The molecule has 3 nitrogen and oxygen atoms in total. The minimum Gasteiger partial charge on any atom is -0.399 e. The summed E-state index contributed by atoms with van der Waals surface area (Å²) in [5.41, 5.74) is -0.0322. The molecule has 1 aliphatic rings. The van der Waals surface area contributed by atoms with Crippen molar-refractivity contribution < 1.29 is 14.1 Å². The van der Waals surface area contributed by atoms with Gasteiger partial charge in [0, 0.05) is 0 Å². The first-order valence-electron chi connectivity index (χ1n) is 5.58. The summed E-state index contributed by atoms with van der Waals surface area (Å²) in [7, 11) is -0.479. The summed E-state index contributed by atoms with van der Waals surface area (Å²) < 4.78 is 11.7. The predicted molar refractivity (Wildman–Crippen MR) is 73.0 cm³/mol. The molecule has 0 aliphatic carbocycles. The van der Waals surface area contributed by atoms with Crippen LogP contribution in [-0.2, 0) is 14.1 Å². The average molecular weight is 254 g/mol. The second-order valence-corrected chi connectivity index (χ2v) is 5.42. The average Bonchev–Trinajstić information content (AvgIpc) is 2.36. The molecule has 0 radical (unpaired) electrons. The molecule has 0 amide bonds. The van der Waals surface area contributed by atoms with E-state index in [2.05, 4.69) is 12.6 Å². The molecule has 0 bridgehead atoms. The lowest BCUT2D eigenvalue weighted by atomic mass is 9.79. The van der Waals surface area contributed by atoms with E-state index in [4.69, 9.17) is 9.31 Å². The van der Waals surface area contributed by atoms with Gasteiger partial charge >= 0.3 is 7.12 Å². The van der Waals surface area contributed by atoms with Crippen LogP contribution in [-0.4, -0.2) is 24.1 Å². The van der Waals surface area contributed by atoms with Gasteiger partial charge in [0.1, 0.15) is 0 Å². The second-order valence-electron chi connectivity index (χ2n) is 5.16. The Bertz CT molecular complexity index is 356. The highest BCUT2D eigenvalue weighted by Gasteiger charge is 2.51. The monoisotopic (exact) mass is 254 g/mol. The highest BCUT2D eigenvalue weighted by molar-refractivity contribution is 7.83. The number of hydrogen-bond acceptors (Lipinski definition) is 4. The van der Waals surface area contributed by atoms with Crippen LogP contribution in [0.1, 0.15) is 34.6 Å². The van der Waals surface area contributed by atoms with E-state index in [1.54, 1.807) is 11.5 Å². The number of carbonyl (C=O) groups excluding carboxylic acids is 1. The third kappa shape index (κ3) is 3.24. The van der Waals surface area contributed by atoms with Gasteiger partial charge in [-0.25, -0.2) is 0 Å². The molecule has 1 aliphatic heterocycles. The maximum Gasteiger partial charge on any atom is 0.495 e. The van der Waals surface area contributed by atoms with E-state index >= 15 is 0 Å². The Labute approximate surface area is 109 Å². The van der Waals surface area contributed by atoms with E-state index in [1.807, 2.05) is 27.7 Å². The van der Waals surface area contributed by atoms with Crippen molar-refractivity contribution >= 4 is 25.5 Å². The summed E-state index contributed by atoms with van der Waals surface area (Å²) >= 11 is 4.12. The summed E-state index contributed by atoms with van der Waals surface area (Å²) in [6.07, 6.45) is 3.16. The van der Waals surface area contributed by atoms with Crippen LogP contribution in [0.25, 0.3) is 0 Å². The molecule has 1 rings (SSSR count). The summed E-state index contributed by atoms with van der Waals surface area (Å²) in [6.45, 7) is 9.43. The van der Waals surface area contributed by atoms with Crippen LogP contribution in [0.5, 0.6) is 0 Å². The molecule has 0 unspecified atom stereocenters. The van der Waals surface area contributed by atoms with Gasteiger partial charge in [-0.15, -0.1) is 0 Å². The van der Waals surface area contributed by atoms with Crippen molar-refractivity contribution in [1.29, 1.82) is 0 Å². The molecule has 0 aromatic carbocycles. The molecule has 1 heterocycles. The standard InChI is InChI=1S/C12H19BO3S/c1-9(14)6-7-10(8-17)13-15-11(2,3)12(4,5)16-13/h6-8,17H,1-5H3/b7-6+,10-8-. The van der Waals surface area contributed by atoms with Crippen LogP contribution in [0, 0.1) is 0 Å². The maximum atomic E-state index is 10.9. The number of hydrogen-bond donors (Lipinski definition) is 1. The number of thiol groups is 1. The third-order valence-corrected chi connectivity index (χ3v) is 3.48. The SMILES string of the molecule is CC(=O)/C=C/C(=C/S)B1OC(C)(C)C(C)(C)O1. The normalized spacial score (nSPS) is 23.4. The first kappa shape index (κ1) is 14.5. The van der Waals surface area contributed by atoms with E-state index in [0.29, 0.717) is 0 Å². The van der Waals surface area contributed by atoms with E-state index in [-0.39, 0.29) is 17.0 Å². The Hall–Kier alpha value is -0.515. The Balaban J connectivity index is 2.86.